The molecule has 18 heavy (non-hydrogen) atoms. The zero-order chi connectivity index (χ0) is 12.7. The molecule has 0 spiro atoms. The number of hydrogen-bond donors (Lipinski definition) is 1. The van der Waals surface area contributed by atoms with Crippen molar-refractivity contribution in [3.05, 3.63) is 51.2 Å². The van der Waals surface area contributed by atoms with Gasteiger partial charge < -0.3 is 5.32 Å². The summed E-state index contributed by atoms with van der Waals surface area (Å²) < 4.78 is 0. The first-order valence-corrected chi connectivity index (χ1v) is 6.66. The van der Waals surface area contributed by atoms with Gasteiger partial charge in [0, 0.05) is 21.0 Å². The Morgan fingerprint density at radius 3 is 2.72 bits per heavy atom. The topological polar surface area (TPSA) is 29.1 Å². The summed E-state index contributed by atoms with van der Waals surface area (Å²) in [6, 6.07) is 9.92. The van der Waals surface area contributed by atoms with Crippen LogP contribution in [0.3, 0.4) is 0 Å². The number of benzene rings is 1. The summed E-state index contributed by atoms with van der Waals surface area (Å²) in [6.07, 6.45) is 1.98. The Bertz CT molecular complexity index is 647. The molecule has 0 aliphatic carbocycles. The third-order valence-corrected chi connectivity index (χ3v) is 4.28. The van der Waals surface area contributed by atoms with Gasteiger partial charge >= 0.3 is 0 Å². The van der Waals surface area contributed by atoms with Crippen molar-refractivity contribution < 1.29 is 4.79 Å². The number of carbonyl (C=O) groups excluding carboxylic acids is 1. The van der Waals surface area contributed by atoms with Crippen molar-refractivity contribution in [3.63, 3.8) is 0 Å². The molecule has 0 radical (unpaired) electrons. The van der Waals surface area contributed by atoms with Crippen LogP contribution in [0.2, 0.25) is 0 Å². The number of thiophene rings is 1. The number of aryl methyl sites for hydroxylation is 2. The van der Waals surface area contributed by atoms with E-state index >= 15 is 0 Å². The number of carbonyl (C=O) groups is 1. The van der Waals surface area contributed by atoms with Gasteiger partial charge in [0.05, 0.1) is 5.57 Å². The van der Waals surface area contributed by atoms with Crippen LogP contribution < -0.4 is 5.32 Å². The van der Waals surface area contributed by atoms with Crippen LogP contribution in [-0.4, -0.2) is 5.91 Å². The molecule has 1 N–H and O–H groups in total. The molecule has 0 unspecified atom stereocenters. The van der Waals surface area contributed by atoms with Crippen LogP contribution in [0.4, 0.5) is 5.69 Å². The van der Waals surface area contributed by atoms with Crippen LogP contribution in [0.1, 0.15) is 20.9 Å². The van der Waals surface area contributed by atoms with Crippen molar-refractivity contribution in [1.29, 1.82) is 0 Å². The number of anilines is 1. The van der Waals surface area contributed by atoms with Crippen molar-refractivity contribution in [2.24, 2.45) is 0 Å². The van der Waals surface area contributed by atoms with E-state index in [1.807, 2.05) is 30.3 Å². The molecule has 1 aromatic heterocycles. The molecule has 0 bridgehead atoms. The first-order valence-electron chi connectivity index (χ1n) is 5.84. The standard InChI is InChI=1S/C15H13NOS/c1-9-7-11(18-10(9)2)8-13-12-5-3-4-6-14(12)16-15(13)17/h3-8H,1-2H3,(H,16,17). The molecule has 90 valence electrons. The Kier molecular flexibility index (Phi) is 2.56. The Hall–Kier alpha value is -1.87. The Balaban J connectivity index is 2.09. The van der Waals surface area contributed by atoms with Gasteiger partial charge in [-0.15, -0.1) is 11.3 Å². The zero-order valence-electron chi connectivity index (χ0n) is 10.3. The normalized spacial score (nSPS) is 15.9. The van der Waals surface area contributed by atoms with Gasteiger partial charge in [-0.3, -0.25) is 4.79 Å². The van der Waals surface area contributed by atoms with Crippen LogP contribution in [0.25, 0.3) is 11.6 Å². The summed E-state index contributed by atoms with van der Waals surface area (Å²) in [5, 5.41) is 2.89. The van der Waals surface area contributed by atoms with E-state index in [1.165, 1.54) is 10.4 Å². The fourth-order valence-electron chi connectivity index (χ4n) is 2.10. The molecule has 3 heteroatoms. The van der Waals surface area contributed by atoms with E-state index in [2.05, 4.69) is 25.2 Å². The van der Waals surface area contributed by atoms with E-state index in [-0.39, 0.29) is 5.91 Å². The van der Waals surface area contributed by atoms with Crippen molar-refractivity contribution in [3.8, 4) is 0 Å². The number of amides is 1. The minimum absolute atomic E-state index is 0.0140. The summed E-state index contributed by atoms with van der Waals surface area (Å²) >= 11 is 1.72. The van der Waals surface area contributed by atoms with Gasteiger partial charge in [-0.05, 0) is 37.6 Å². The fraction of sp³-hybridized carbons (Fsp3) is 0.133. The largest absolute Gasteiger partial charge is 0.321 e. The maximum absolute atomic E-state index is 12.0. The average Bonchev–Trinajstić information content (AvgIpc) is 2.82. The summed E-state index contributed by atoms with van der Waals surface area (Å²) in [7, 11) is 0. The lowest BCUT2D eigenvalue weighted by Gasteiger charge is -1.95. The second-order valence-corrected chi connectivity index (χ2v) is 5.73. The quantitative estimate of drug-likeness (QED) is 0.770. The third-order valence-electron chi connectivity index (χ3n) is 3.18. The van der Waals surface area contributed by atoms with E-state index < -0.39 is 0 Å². The average molecular weight is 255 g/mol. The third kappa shape index (κ3) is 1.77. The number of para-hydroxylation sites is 1. The summed E-state index contributed by atoms with van der Waals surface area (Å²) in [5.74, 6) is -0.0140. The molecule has 0 fully saturated rings. The summed E-state index contributed by atoms with van der Waals surface area (Å²) in [5.41, 5.74) is 3.93. The summed E-state index contributed by atoms with van der Waals surface area (Å²) in [4.78, 5) is 14.4. The molecular weight excluding hydrogens is 242 g/mol. The highest BCUT2D eigenvalue weighted by atomic mass is 32.1. The minimum Gasteiger partial charge on any atom is -0.321 e. The first-order chi connectivity index (χ1) is 8.65. The molecule has 1 aliphatic rings. The molecule has 1 aliphatic heterocycles. The van der Waals surface area contributed by atoms with Gasteiger partial charge in [0.2, 0.25) is 0 Å². The fourth-order valence-corrected chi connectivity index (χ4v) is 3.08. The number of hydrogen-bond acceptors (Lipinski definition) is 2. The lowest BCUT2D eigenvalue weighted by atomic mass is 10.1. The second-order valence-electron chi connectivity index (χ2n) is 4.45. The van der Waals surface area contributed by atoms with Crippen molar-refractivity contribution >= 4 is 34.6 Å². The highest BCUT2D eigenvalue weighted by Crippen LogP contribution is 2.34. The van der Waals surface area contributed by atoms with Gasteiger partial charge in [0.1, 0.15) is 0 Å². The van der Waals surface area contributed by atoms with E-state index in [0.717, 1.165) is 21.7 Å². The lowest BCUT2D eigenvalue weighted by Crippen LogP contribution is -2.03. The summed E-state index contributed by atoms with van der Waals surface area (Å²) in [6.45, 7) is 4.20. The van der Waals surface area contributed by atoms with Gasteiger partial charge in [0.15, 0.2) is 0 Å². The molecular formula is C15H13NOS. The molecule has 0 atom stereocenters. The number of rotatable bonds is 1. The van der Waals surface area contributed by atoms with Crippen LogP contribution in [-0.2, 0) is 4.79 Å². The maximum atomic E-state index is 12.0. The first kappa shape index (κ1) is 11.2. The van der Waals surface area contributed by atoms with Crippen molar-refractivity contribution in [1.82, 2.24) is 0 Å². The Morgan fingerprint density at radius 2 is 2.00 bits per heavy atom. The predicted octanol–water partition coefficient (Wildman–Crippen LogP) is 3.86. The van der Waals surface area contributed by atoms with Gasteiger partial charge in [-0.25, -0.2) is 0 Å². The Morgan fingerprint density at radius 1 is 1.22 bits per heavy atom. The van der Waals surface area contributed by atoms with E-state index in [1.54, 1.807) is 11.3 Å². The maximum Gasteiger partial charge on any atom is 0.256 e. The van der Waals surface area contributed by atoms with Crippen LogP contribution in [0.5, 0.6) is 0 Å². The smallest absolute Gasteiger partial charge is 0.256 e. The van der Waals surface area contributed by atoms with Crippen molar-refractivity contribution in [2.45, 2.75) is 13.8 Å². The Labute approximate surface area is 110 Å². The van der Waals surface area contributed by atoms with Crippen molar-refractivity contribution in [2.75, 3.05) is 5.32 Å². The predicted molar refractivity (Wildman–Crippen MR) is 76.7 cm³/mol. The minimum atomic E-state index is -0.0140. The molecule has 2 heterocycles. The van der Waals surface area contributed by atoms with Crippen LogP contribution in [0.15, 0.2) is 30.3 Å². The molecule has 0 saturated carbocycles. The molecule has 1 aromatic carbocycles. The highest BCUT2D eigenvalue weighted by molar-refractivity contribution is 7.13. The molecule has 2 nitrogen and oxygen atoms in total. The number of nitrogens with one attached hydrogen (secondary N) is 1. The number of fused-ring (bicyclic) bond motifs is 1. The monoisotopic (exact) mass is 255 g/mol. The molecule has 2 aromatic rings. The van der Waals surface area contributed by atoms with E-state index in [0.29, 0.717) is 0 Å². The van der Waals surface area contributed by atoms with Gasteiger partial charge in [-0.2, -0.15) is 0 Å². The second kappa shape index (κ2) is 4.10. The van der Waals surface area contributed by atoms with Gasteiger partial charge in [-0.1, -0.05) is 18.2 Å². The highest BCUT2D eigenvalue weighted by Gasteiger charge is 2.23. The van der Waals surface area contributed by atoms with Crippen LogP contribution >= 0.6 is 11.3 Å². The van der Waals surface area contributed by atoms with E-state index in [4.69, 9.17) is 0 Å². The van der Waals surface area contributed by atoms with Crippen LogP contribution in [0, 0.1) is 13.8 Å². The molecule has 3 rings (SSSR count). The van der Waals surface area contributed by atoms with E-state index in [9.17, 15) is 4.79 Å². The SMILES string of the molecule is Cc1cc(C=C2C(=O)Nc3ccccc32)sc1C. The molecule has 1 amide bonds. The molecule has 0 saturated heterocycles. The van der Waals surface area contributed by atoms with Gasteiger partial charge in [0.25, 0.3) is 5.91 Å². The lowest BCUT2D eigenvalue weighted by molar-refractivity contribution is -0.110. The zero-order valence-corrected chi connectivity index (χ0v) is 11.1.